The molecule has 100 valence electrons. The van der Waals surface area contributed by atoms with Gasteiger partial charge in [0.1, 0.15) is 0 Å². The first-order valence-corrected chi connectivity index (χ1v) is 6.80. The minimum Gasteiger partial charge on any atom is -0.398 e. The number of fused-ring (bicyclic) bond motifs is 2. The lowest BCUT2D eigenvalue weighted by Crippen LogP contribution is -1.96. The number of anilines is 2. The predicted molar refractivity (Wildman–Crippen MR) is 80.3 cm³/mol. The number of nitrogens with two attached hydrogens (primary N) is 2. The summed E-state index contributed by atoms with van der Waals surface area (Å²) in [7, 11) is 0. The molecule has 0 amide bonds. The Morgan fingerprint density at radius 3 is 2.70 bits per heavy atom. The van der Waals surface area contributed by atoms with E-state index in [4.69, 9.17) is 16.0 Å². The van der Waals surface area contributed by atoms with Crippen molar-refractivity contribution in [2.24, 2.45) is 0 Å². The van der Waals surface area contributed by atoms with Crippen LogP contribution in [0.4, 0.5) is 11.5 Å². The molecular formula is C16H15N3O. The van der Waals surface area contributed by atoms with Crippen LogP contribution in [-0.4, -0.2) is 5.16 Å². The molecule has 1 aliphatic rings. The van der Waals surface area contributed by atoms with E-state index in [1.54, 1.807) is 0 Å². The highest BCUT2D eigenvalue weighted by atomic mass is 16.5. The van der Waals surface area contributed by atoms with Crippen LogP contribution in [0.1, 0.15) is 17.5 Å². The molecule has 2 aromatic carbocycles. The topological polar surface area (TPSA) is 78.1 Å². The number of nitrogens with zero attached hydrogens (tertiary/aromatic N) is 1. The van der Waals surface area contributed by atoms with Crippen molar-refractivity contribution in [3.63, 3.8) is 0 Å². The van der Waals surface area contributed by atoms with E-state index >= 15 is 0 Å². The molecule has 0 atom stereocenters. The van der Waals surface area contributed by atoms with E-state index in [1.165, 1.54) is 16.7 Å². The molecule has 4 N–H and O–H groups in total. The summed E-state index contributed by atoms with van der Waals surface area (Å²) in [6.45, 7) is 0. The summed E-state index contributed by atoms with van der Waals surface area (Å²) in [6, 6.07) is 10.0. The molecule has 1 heterocycles. The highest BCUT2D eigenvalue weighted by Crippen LogP contribution is 2.39. The van der Waals surface area contributed by atoms with Gasteiger partial charge in [-0.15, -0.1) is 0 Å². The fourth-order valence-corrected chi connectivity index (χ4v) is 3.23. The van der Waals surface area contributed by atoms with Gasteiger partial charge in [-0.1, -0.05) is 23.4 Å². The van der Waals surface area contributed by atoms with E-state index in [2.05, 4.69) is 17.3 Å². The molecule has 3 aromatic rings. The maximum absolute atomic E-state index is 6.09. The van der Waals surface area contributed by atoms with Crippen LogP contribution in [-0.2, 0) is 12.8 Å². The normalized spacial score (nSPS) is 13.8. The van der Waals surface area contributed by atoms with Gasteiger partial charge in [0.2, 0.25) is 0 Å². The van der Waals surface area contributed by atoms with Crippen LogP contribution in [0, 0.1) is 0 Å². The lowest BCUT2D eigenvalue weighted by Gasteiger charge is -2.11. The van der Waals surface area contributed by atoms with Crippen LogP contribution in [0.25, 0.3) is 22.1 Å². The average molecular weight is 265 g/mol. The largest absolute Gasteiger partial charge is 0.398 e. The molecule has 0 unspecified atom stereocenters. The summed E-state index contributed by atoms with van der Waals surface area (Å²) in [6.07, 6.45) is 3.28. The third kappa shape index (κ3) is 1.45. The molecule has 0 saturated carbocycles. The number of nitrogen functional groups attached to an aromatic ring is 2. The predicted octanol–water partition coefficient (Wildman–Crippen LogP) is 3.15. The van der Waals surface area contributed by atoms with Gasteiger partial charge in [0.05, 0.1) is 5.39 Å². The van der Waals surface area contributed by atoms with Gasteiger partial charge in [-0.3, -0.25) is 0 Å². The number of hydrogen-bond acceptors (Lipinski definition) is 4. The first kappa shape index (κ1) is 11.3. The Morgan fingerprint density at radius 2 is 1.80 bits per heavy atom. The number of aromatic nitrogens is 1. The monoisotopic (exact) mass is 265 g/mol. The maximum atomic E-state index is 6.09. The number of rotatable bonds is 1. The Kier molecular flexibility index (Phi) is 2.27. The van der Waals surface area contributed by atoms with E-state index in [-0.39, 0.29) is 0 Å². The van der Waals surface area contributed by atoms with Crippen LogP contribution >= 0.6 is 0 Å². The third-order valence-electron chi connectivity index (χ3n) is 4.14. The molecule has 0 bridgehead atoms. The van der Waals surface area contributed by atoms with Gasteiger partial charge < -0.3 is 16.0 Å². The lowest BCUT2D eigenvalue weighted by molar-refractivity contribution is 0.460. The zero-order chi connectivity index (χ0) is 13.7. The van der Waals surface area contributed by atoms with Gasteiger partial charge in [-0.25, -0.2) is 0 Å². The second-order valence-electron chi connectivity index (χ2n) is 5.26. The fourth-order valence-electron chi connectivity index (χ4n) is 3.23. The summed E-state index contributed by atoms with van der Waals surface area (Å²) in [5, 5.41) is 4.77. The van der Waals surface area contributed by atoms with Gasteiger partial charge in [-0.2, -0.15) is 0 Å². The molecule has 0 radical (unpaired) electrons. The standard InChI is InChI=1S/C16H15N3O/c17-13-8-7-10(9-3-1-4-11(9)13)12-5-2-6-14-15(12)16(18)19-20-14/h2,5-8H,1,3-4,17H2,(H2,18,19). The molecular weight excluding hydrogens is 250 g/mol. The van der Waals surface area contributed by atoms with Crippen molar-refractivity contribution >= 4 is 22.5 Å². The van der Waals surface area contributed by atoms with Gasteiger partial charge >= 0.3 is 0 Å². The minimum absolute atomic E-state index is 0.444. The zero-order valence-electron chi connectivity index (χ0n) is 11.0. The maximum Gasteiger partial charge on any atom is 0.175 e. The highest BCUT2D eigenvalue weighted by Gasteiger charge is 2.20. The molecule has 4 nitrogen and oxygen atoms in total. The Balaban J connectivity index is 2.06. The Labute approximate surface area is 116 Å². The summed E-state index contributed by atoms with van der Waals surface area (Å²) >= 11 is 0. The smallest absolute Gasteiger partial charge is 0.175 e. The van der Waals surface area contributed by atoms with E-state index in [0.29, 0.717) is 5.82 Å². The van der Waals surface area contributed by atoms with Gasteiger partial charge in [0.15, 0.2) is 11.4 Å². The molecule has 0 spiro atoms. The summed E-state index contributed by atoms with van der Waals surface area (Å²) in [5.41, 5.74) is 18.6. The molecule has 1 aromatic heterocycles. The van der Waals surface area contributed by atoms with Crippen molar-refractivity contribution < 1.29 is 4.52 Å². The van der Waals surface area contributed by atoms with E-state index in [0.717, 1.165) is 41.5 Å². The van der Waals surface area contributed by atoms with Crippen molar-refractivity contribution in [3.05, 3.63) is 41.5 Å². The fraction of sp³-hybridized carbons (Fsp3) is 0.188. The van der Waals surface area contributed by atoms with Crippen molar-refractivity contribution in [2.75, 3.05) is 11.5 Å². The Morgan fingerprint density at radius 1 is 0.950 bits per heavy atom. The van der Waals surface area contributed by atoms with Crippen LogP contribution in [0.15, 0.2) is 34.9 Å². The molecule has 4 rings (SSSR count). The first-order valence-electron chi connectivity index (χ1n) is 6.80. The van der Waals surface area contributed by atoms with Gasteiger partial charge in [-0.05, 0) is 53.6 Å². The van der Waals surface area contributed by atoms with Crippen LogP contribution in [0.3, 0.4) is 0 Å². The van der Waals surface area contributed by atoms with E-state index in [1.807, 2.05) is 18.2 Å². The lowest BCUT2D eigenvalue weighted by atomic mass is 9.94. The quantitative estimate of drug-likeness (QED) is 0.662. The Hall–Kier alpha value is -2.49. The molecule has 0 fully saturated rings. The first-order chi connectivity index (χ1) is 9.75. The highest BCUT2D eigenvalue weighted by molar-refractivity contribution is 6.01. The van der Waals surface area contributed by atoms with E-state index < -0.39 is 0 Å². The van der Waals surface area contributed by atoms with Crippen molar-refractivity contribution in [3.8, 4) is 11.1 Å². The van der Waals surface area contributed by atoms with Crippen LogP contribution < -0.4 is 11.5 Å². The average Bonchev–Trinajstić information content (AvgIpc) is 3.07. The number of hydrogen-bond donors (Lipinski definition) is 2. The SMILES string of the molecule is Nc1ccc(-c2cccc3onc(N)c23)c2c1CCC2. The van der Waals surface area contributed by atoms with Crippen LogP contribution in [0.2, 0.25) is 0 Å². The second-order valence-corrected chi connectivity index (χ2v) is 5.26. The van der Waals surface area contributed by atoms with Gasteiger partial charge in [0, 0.05) is 5.69 Å². The summed E-state index contributed by atoms with van der Waals surface area (Å²) in [5.74, 6) is 0.444. The molecule has 20 heavy (non-hydrogen) atoms. The molecule has 0 aliphatic heterocycles. The minimum atomic E-state index is 0.444. The molecule has 0 saturated heterocycles. The molecule has 4 heteroatoms. The third-order valence-corrected chi connectivity index (χ3v) is 4.14. The van der Waals surface area contributed by atoms with Crippen molar-refractivity contribution in [1.29, 1.82) is 0 Å². The van der Waals surface area contributed by atoms with E-state index in [9.17, 15) is 0 Å². The summed E-state index contributed by atoms with van der Waals surface area (Å²) in [4.78, 5) is 0. The van der Waals surface area contributed by atoms with Crippen LogP contribution in [0.5, 0.6) is 0 Å². The summed E-state index contributed by atoms with van der Waals surface area (Å²) < 4.78 is 5.25. The zero-order valence-corrected chi connectivity index (χ0v) is 11.0. The number of benzene rings is 2. The molecule has 1 aliphatic carbocycles. The Bertz CT molecular complexity index is 820. The second kappa shape index (κ2) is 4.00. The van der Waals surface area contributed by atoms with Gasteiger partial charge in [0.25, 0.3) is 0 Å². The van der Waals surface area contributed by atoms with Crippen molar-refractivity contribution in [2.45, 2.75) is 19.3 Å². The van der Waals surface area contributed by atoms with Crippen molar-refractivity contribution in [1.82, 2.24) is 5.16 Å².